The molecule has 29 heavy (non-hydrogen) atoms. The second-order valence-corrected chi connectivity index (χ2v) is 9.11. The van der Waals surface area contributed by atoms with Crippen molar-refractivity contribution in [3.05, 3.63) is 40.8 Å². The summed E-state index contributed by atoms with van der Waals surface area (Å²) in [5, 5.41) is 25.9. The highest BCUT2D eigenvalue weighted by molar-refractivity contribution is 7.91. The number of carbonyl (C=O) groups is 1. The van der Waals surface area contributed by atoms with Crippen LogP contribution in [0.25, 0.3) is 0 Å². The molecule has 2 aliphatic rings. The first-order valence-corrected chi connectivity index (χ1v) is 10.7. The van der Waals surface area contributed by atoms with Crippen LogP contribution < -0.4 is 5.32 Å². The lowest BCUT2D eigenvalue weighted by atomic mass is 10.1. The Kier molecular flexibility index (Phi) is 4.76. The number of nitriles is 1. The summed E-state index contributed by atoms with van der Waals surface area (Å²) in [5.41, 5.74) is 1.16. The fourth-order valence-corrected chi connectivity index (χ4v) is 5.39. The van der Waals surface area contributed by atoms with E-state index in [1.54, 1.807) is 6.07 Å². The van der Waals surface area contributed by atoms with Gasteiger partial charge in [-0.1, -0.05) is 0 Å². The zero-order chi connectivity index (χ0) is 20.8. The van der Waals surface area contributed by atoms with Crippen molar-refractivity contribution in [2.75, 3.05) is 17.6 Å². The van der Waals surface area contributed by atoms with Crippen LogP contribution in [0.15, 0.2) is 23.2 Å². The van der Waals surface area contributed by atoms with Crippen molar-refractivity contribution >= 4 is 21.6 Å². The van der Waals surface area contributed by atoms with Crippen LogP contribution in [-0.4, -0.2) is 52.6 Å². The molecule has 152 valence electrons. The summed E-state index contributed by atoms with van der Waals surface area (Å²) in [6.07, 6.45) is -0.280. The number of nitrogens with one attached hydrogen (secondary N) is 1. The van der Waals surface area contributed by atoms with Gasteiger partial charge in [0.2, 0.25) is 0 Å². The van der Waals surface area contributed by atoms with Gasteiger partial charge in [-0.3, -0.25) is 4.68 Å². The molecular weight excluding hydrogens is 401 g/mol. The number of nitrogens with zero attached hydrogens (tertiary/aromatic N) is 4. The van der Waals surface area contributed by atoms with Crippen LogP contribution in [0.1, 0.15) is 23.2 Å². The topological polar surface area (TPSA) is 128 Å². The first-order chi connectivity index (χ1) is 13.8. The van der Waals surface area contributed by atoms with Crippen molar-refractivity contribution in [1.82, 2.24) is 14.7 Å². The molecule has 2 aliphatic heterocycles. The zero-order valence-electron chi connectivity index (χ0n) is 15.3. The lowest BCUT2D eigenvalue weighted by molar-refractivity contribution is 0.145. The molecule has 2 aromatic rings. The van der Waals surface area contributed by atoms with E-state index in [1.165, 1.54) is 21.7 Å². The van der Waals surface area contributed by atoms with E-state index in [0.29, 0.717) is 24.2 Å². The largest absolute Gasteiger partial charge is 0.391 e. The van der Waals surface area contributed by atoms with Crippen molar-refractivity contribution in [3.63, 3.8) is 0 Å². The first-order valence-electron chi connectivity index (χ1n) is 9.03. The molecule has 3 heterocycles. The Morgan fingerprint density at radius 3 is 2.97 bits per heavy atom. The van der Waals surface area contributed by atoms with Crippen LogP contribution >= 0.6 is 0 Å². The van der Waals surface area contributed by atoms with E-state index in [-0.39, 0.29) is 41.5 Å². The summed E-state index contributed by atoms with van der Waals surface area (Å²) in [5.74, 6) is -0.853. The van der Waals surface area contributed by atoms with Gasteiger partial charge in [0.05, 0.1) is 36.2 Å². The summed E-state index contributed by atoms with van der Waals surface area (Å²) in [7, 11) is -3.63. The third kappa shape index (κ3) is 3.56. The summed E-state index contributed by atoms with van der Waals surface area (Å²) in [6.45, 7) is 0.475. The van der Waals surface area contributed by atoms with Crippen LogP contribution in [0.3, 0.4) is 0 Å². The predicted octanol–water partition coefficient (Wildman–Crippen LogP) is 1.02. The van der Waals surface area contributed by atoms with Crippen LogP contribution in [0.2, 0.25) is 0 Å². The molecule has 0 bridgehead atoms. The van der Waals surface area contributed by atoms with Crippen LogP contribution in [0, 0.1) is 17.1 Å². The monoisotopic (exact) mass is 419 g/mol. The quantitative estimate of drug-likeness (QED) is 0.710. The fraction of sp³-hybridized carbons (Fsp3) is 0.389. The van der Waals surface area contributed by atoms with Crippen molar-refractivity contribution < 1.29 is 22.7 Å². The third-order valence-electron chi connectivity index (χ3n) is 5.07. The van der Waals surface area contributed by atoms with Gasteiger partial charge in [-0.15, -0.1) is 0 Å². The standard InChI is InChI=1S/C18H18FN5O4S/c19-15-2-1-12(7-11(15)8-20)21-18(26)23-5-3-16-14(10-23)17-24(22-16)9-13(25)4-6-29(17,27)28/h1-2,7,13,25H,3-6,9-10H2,(H,21,26). The van der Waals surface area contributed by atoms with Gasteiger partial charge in [0, 0.05) is 24.2 Å². The van der Waals surface area contributed by atoms with Gasteiger partial charge in [0.25, 0.3) is 0 Å². The van der Waals surface area contributed by atoms with Gasteiger partial charge >= 0.3 is 6.03 Å². The highest BCUT2D eigenvalue weighted by atomic mass is 32.2. The molecule has 2 N–H and O–H groups in total. The van der Waals surface area contributed by atoms with Gasteiger partial charge < -0.3 is 15.3 Å². The van der Waals surface area contributed by atoms with E-state index in [0.717, 1.165) is 6.07 Å². The predicted molar refractivity (Wildman–Crippen MR) is 99.2 cm³/mol. The smallest absolute Gasteiger partial charge is 0.322 e. The van der Waals surface area contributed by atoms with Crippen LogP contribution in [0.4, 0.5) is 14.9 Å². The Labute approximate surface area is 166 Å². The van der Waals surface area contributed by atoms with Gasteiger partial charge in [0.15, 0.2) is 14.9 Å². The molecule has 1 atom stereocenters. The van der Waals surface area contributed by atoms with Gasteiger partial charge in [0.1, 0.15) is 11.9 Å². The molecular formula is C18H18FN5O4S. The molecule has 1 aromatic carbocycles. The number of amides is 2. The second kappa shape index (κ2) is 7.13. The van der Waals surface area contributed by atoms with Crippen molar-refractivity contribution in [2.24, 2.45) is 0 Å². The van der Waals surface area contributed by atoms with Gasteiger partial charge in [-0.25, -0.2) is 17.6 Å². The second-order valence-electron chi connectivity index (χ2n) is 7.08. The number of urea groups is 1. The summed E-state index contributed by atoms with van der Waals surface area (Å²) < 4.78 is 40.2. The zero-order valence-corrected chi connectivity index (χ0v) is 16.1. The molecule has 11 heteroatoms. The van der Waals surface area contributed by atoms with E-state index in [1.807, 2.05) is 0 Å². The Hall–Kier alpha value is -2.97. The maximum absolute atomic E-state index is 13.5. The van der Waals surface area contributed by atoms with E-state index in [9.17, 15) is 22.7 Å². The Morgan fingerprint density at radius 1 is 1.41 bits per heavy atom. The molecule has 0 aliphatic carbocycles. The SMILES string of the molecule is N#Cc1cc(NC(=O)N2CCc3nn4c(c3C2)S(=O)(=O)CCC(O)C4)ccc1F. The molecule has 2 amide bonds. The van der Waals surface area contributed by atoms with Crippen molar-refractivity contribution in [2.45, 2.75) is 37.1 Å². The third-order valence-corrected chi connectivity index (χ3v) is 6.89. The number of aromatic nitrogens is 2. The van der Waals surface area contributed by atoms with Crippen molar-refractivity contribution in [3.8, 4) is 6.07 Å². The average molecular weight is 419 g/mol. The lowest BCUT2D eigenvalue weighted by Crippen LogP contribution is -2.39. The number of fused-ring (bicyclic) bond motifs is 3. The number of hydrogen-bond donors (Lipinski definition) is 2. The van der Waals surface area contributed by atoms with E-state index < -0.39 is 27.8 Å². The van der Waals surface area contributed by atoms with Gasteiger partial charge in [-0.05, 0) is 24.6 Å². The summed E-state index contributed by atoms with van der Waals surface area (Å²) >= 11 is 0. The molecule has 0 fully saturated rings. The number of anilines is 1. The number of rotatable bonds is 1. The van der Waals surface area contributed by atoms with E-state index in [2.05, 4.69) is 10.4 Å². The number of aliphatic hydroxyl groups is 1. The minimum absolute atomic E-state index is 0.0537. The molecule has 0 spiro atoms. The highest BCUT2D eigenvalue weighted by Gasteiger charge is 2.35. The number of carbonyl (C=O) groups excluding carboxylic acids is 1. The fourth-order valence-electron chi connectivity index (χ4n) is 3.62. The average Bonchev–Trinajstić information content (AvgIpc) is 3.00. The number of sulfone groups is 1. The van der Waals surface area contributed by atoms with Crippen molar-refractivity contribution in [1.29, 1.82) is 5.26 Å². The number of hydrogen-bond acceptors (Lipinski definition) is 6. The first kappa shape index (κ1) is 19.4. The molecule has 4 rings (SSSR count). The van der Waals surface area contributed by atoms with E-state index in [4.69, 9.17) is 5.26 Å². The molecule has 0 radical (unpaired) electrons. The highest BCUT2D eigenvalue weighted by Crippen LogP contribution is 2.30. The van der Waals surface area contributed by atoms with Gasteiger partial charge in [-0.2, -0.15) is 10.4 Å². The van der Waals surface area contributed by atoms with Crippen LogP contribution in [0.5, 0.6) is 0 Å². The number of halogens is 1. The Balaban J connectivity index is 1.59. The normalized spacial score (nSPS) is 20.2. The molecule has 9 nitrogen and oxygen atoms in total. The number of aliphatic hydroxyl groups excluding tert-OH is 1. The maximum Gasteiger partial charge on any atom is 0.322 e. The molecule has 0 saturated carbocycles. The molecule has 1 aromatic heterocycles. The lowest BCUT2D eigenvalue weighted by Gasteiger charge is -2.27. The van der Waals surface area contributed by atoms with Crippen LogP contribution in [-0.2, 0) is 29.3 Å². The summed E-state index contributed by atoms with van der Waals surface area (Å²) in [4.78, 5) is 14.1. The Morgan fingerprint density at radius 2 is 2.21 bits per heavy atom. The minimum atomic E-state index is -3.63. The minimum Gasteiger partial charge on any atom is -0.391 e. The maximum atomic E-state index is 13.5. The molecule has 0 saturated heterocycles. The van der Waals surface area contributed by atoms with E-state index >= 15 is 0 Å². The molecule has 1 unspecified atom stereocenters. The Bertz CT molecular complexity index is 1140. The summed E-state index contributed by atoms with van der Waals surface area (Å²) in [6, 6.07) is 4.90. The number of benzene rings is 1.